The quantitative estimate of drug-likeness (QED) is 0.0498. The summed E-state index contributed by atoms with van der Waals surface area (Å²) < 4.78 is 18.2. The average Bonchev–Trinajstić information content (AvgIpc) is 3.45. The third-order valence-electron chi connectivity index (χ3n) is 8.78. The number of amides is 1. The number of anilines is 1. The Labute approximate surface area is 304 Å². The second-order valence-corrected chi connectivity index (χ2v) is 15.1. The molecule has 1 unspecified atom stereocenters. The van der Waals surface area contributed by atoms with E-state index < -0.39 is 29.3 Å². The lowest BCUT2D eigenvalue weighted by atomic mass is 10.0. The maximum atomic E-state index is 13.0. The van der Waals surface area contributed by atoms with Crippen molar-refractivity contribution in [3.8, 4) is 0 Å². The highest BCUT2D eigenvalue weighted by Crippen LogP contribution is 2.17. The van der Waals surface area contributed by atoms with Gasteiger partial charge >= 0.3 is 18.0 Å². The van der Waals surface area contributed by atoms with Crippen molar-refractivity contribution in [2.75, 3.05) is 18.9 Å². The van der Waals surface area contributed by atoms with Crippen molar-refractivity contribution in [1.82, 2.24) is 24.8 Å². The van der Waals surface area contributed by atoms with E-state index in [-0.39, 0.29) is 42.5 Å². The van der Waals surface area contributed by atoms with Crippen LogP contribution in [0.2, 0.25) is 0 Å². The van der Waals surface area contributed by atoms with Gasteiger partial charge in [-0.1, -0.05) is 111 Å². The number of carbonyl (C=O) groups excluding carboxylic acids is 3. The first-order chi connectivity index (χ1) is 24.3. The molecule has 0 fully saturated rings. The van der Waals surface area contributed by atoms with Gasteiger partial charge in [-0.15, -0.1) is 0 Å². The van der Waals surface area contributed by atoms with Crippen molar-refractivity contribution in [1.29, 1.82) is 0 Å². The van der Waals surface area contributed by atoms with E-state index in [4.69, 9.17) is 19.9 Å². The summed E-state index contributed by atoms with van der Waals surface area (Å²) in [5, 5.41) is 2.60. The number of nitrogens with two attached hydrogens (primary N) is 1. The average molecular weight is 719 g/mol. The van der Waals surface area contributed by atoms with Gasteiger partial charge in [0.25, 0.3) is 5.56 Å². The Kier molecular flexibility index (Phi) is 20.3. The highest BCUT2D eigenvalue weighted by atomic mass is 16.6. The van der Waals surface area contributed by atoms with Crippen LogP contribution in [-0.2, 0) is 30.3 Å². The number of fused-ring (bicyclic) bond motifs is 1. The van der Waals surface area contributed by atoms with E-state index in [0.717, 1.165) is 19.3 Å². The SMILES string of the molecule is CCCCCCCCCCCCCCCCCC(=O)OC[C@H](CCOC(=O)C(NC(=O)OC(C)(C)C)C(C)C)Cn1cnc2c(=O)[nH]c(N)nc21. The van der Waals surface area contributed by atoms with E-state index in [0.29, 0.717) is 25.0 Å². The fourth-order valence-corrected chi connectivity index (χ4v) is 5.88. The number of nitrogens with zero attached hydrogens (tertiary/aromatic N) is 3. The van der Waals surface area contributed by atoms with E-state index in [1.54, 1.807) is 39.2 Å². The maximum Gasteiger partial charge on any atom is 0.408 e. The lowest BCUT2D eigenvalue weighted by Gasteiger charge is -2.25. The molecule has 0 saturated heterocycles. The number of imidazole rings is 1. The molecule has 0 aromatic carbocycles. The minimum atomic E-state index is -0.900. The zero-order valence-electron chi connectivity index (χ0n) is 32.2. The van der Waals surface area contributed by atoms with Crippen LogP contribution >= 0.6 is 0 Å². The monoisotopic (exact) mass is 718 g/mol. The van der Waals surface area contributed by atoms with Crippen molar-refractivity contribution in [3.05, 3.63) is 16.7 Å². The summed E-state index contributed by atoms with van der Waals surface area (Å²) in [6.45, 7) is 11.5. The topological polar surface area (TPSA) is 181 Å². The second kappa shape index (κ2) is 23.8. The third-order valence-corrected chi connectivity index (χ3v) is 8.78. The third kappa shape index (κ3) is 18.4. The fraction of sp³-hybridized carbons (Fsp3) is 0.789. The van der Waals surface area contributed by atoms with Crippen molar-refractivity contribution in [3.63, 3.8) is 0 Å². The fourth-order valence-electron chi connectivity index (χ4n) is 5.88. The number of esters is 2. The van der Waals surface area contributed by atoms with Crippen LogP contribution in [0.3, 0.4) is 0 Å². The van der Waals surface area contributed by atoms with E-state index in [1.165, 1.54) is 83.4 Å². The molecule has 0 aliphatic carbocycles. The zero-order chi connectivity index (χ0) is 37.6. The first kappa shape index (κ1) is 43.5. The largest absolute Gasteiger partial charge is 0.465 e. The minimum Gasteiger partial charge on any atom is -0.465 e. The van der Waals surface area contributed by atoms with Gasteiger partial charge in [0.2, 0.25) is 5.95 Å². The van der Waals surface area contributed by atoms with E-state index in [2.05, 4.69) is 27.2 Å². The second-order valence-electron chi connectivity index (χ2n) is 15.1. The first-order valence-corrected chi connectivity index (χ1v) is 19.3. The van der Waals surface area contributed by atoms with Crippen LogP contribution in [0.15, 0.2) is 11.1 Å². The van der Waals surface area contributed by atoms with Gasteiger partial charge in [-0.3, -0.25) is 14.6 Å². The highest BCUT2D eigenvalue weighted by Gasteiger charge is 2.28. The Balaban J connectivity index is 1.80. The normalized spacial score (nSPS) is 12.9. The molecule has 2 aromatic rings. The lowest BCUT2D eigenvalue weighted by molar-refractivity contribution is -0.150. The van der Waals surface area contributed by atoms with Crippen LogP contribution in [0, 0.1) is 11.8 Å². The standard InChI is InChI=1S/C38H66N6O7/c1-7-8-9-10-11-12-13-14-15-16-17-18-19-20-21-22-30(45)50-26-29(25-44-27-40-32-33(44)42-36(39)43-34(32)46)23-24-49-35(47)31(28(2)3)41-37(48)51-38(4,5)6/h27-29,31H,7-26H2,1-6H3,(H,41,48)(H3,39,42,43,46)/t29-,31?/m1/s1. The number of hydrogen-bond acceptors (Lipinski definition) is 10. The number of ether oxygens (including phenoxy) is 3. The molecular weight excluding hydrogens is 652 g/mol. The summed E-state index contributed by atoms with van der Waals surface area (Å²) in [4.78, 5) is 61.1. The molecule has 13 nitrogen and oxygen atoms in total. The van der Waals surface area contributed by atoms with E-state index in [1.807, 2.05) is 0 Å². The van der Waals surface area contributed by atoms with Gasteiger partial charge in [-0.25, -0.2) is 14.6 Å². The van der Waals surface area contributed by atoms with Crippen LogP contribution in [0.1, 0.15) is 151 Å². The Morgan fingerprint density at radius 2 is 1.47 bits per heavy atom. The first-order valence-electron chi connectivity index (χ1n) is 19.3. The molecule has 13 heteroatoms. The molecule has 0 spiro atoms. The van der Waals surface area contributed by atoms with Crippen molar-refractivity contribution in [2.24, 2.45) is 11.8 Å². The van der Waals surface area contributed by atoms with Gasteiger partial charge in [-0.2, -0.15) is 4.98 Å². The van der Waals surface area contributed by atoms with E-state index >= 15 is 0 Å². The molecule has 0 aliphatic heterocycles. The van der Waals surface area contributed by atoms with Gasteiger partial charge in [0, 0.05) is 18.9 Å². The van der Waals surface area contributed by atoms with Crippen LogP contribution < -0.4 is 16.6 Å². The van der Waals surface area contributed by atoms with Crippen LogP contribution in [0.25, 0.3) is 11.2 Å². The smallest absolute Gasteiger partial charge is 0.408 e. The van der Waals surface area contributed by atoms with Crippen molar-refractivity contribution < 1.29 is 28.6 Å². The summed E-state index contributed by atoms with van der Waals surface area (Å²) in [5.41, 5.74) is 5.06. The lowest BCUT2D eigenvalue weighted by Crippen LogP contribution is -2.47. The summed E-state index contributed by atoms with van der Waals surface area (Å²) in [5.74, 6) is -1.43. The number of H-pyrrole nitrogens is 1. The summed E-state index contributed by atoms with van der Waals surface area (Å²) in [7, 11) is 0. The van der Waals surface area contributed by atoms with Gasteiger partial charge in [0.15, 0.2) is 11.2 Å². The molecule has 0 radical (unpaired) electrons. The van der Waals surface area contributed by atoms with Gasteiger partial charge in [0.1, 0.15) is 11.6 Å². The Morgan fingerprint density at radius 3 is 2.02 bits per heavy atom. The highest BCUT2D eigenvalue weighted by molar-refractivity contribution is 5.81. The van der Waals surface area contributed by atoms with Crippen molar-refractivity contribution in [2.45, 2.75) is 169 Å². The number of nitrogens with one attached hydrogen (secondary N) is 2. The number of hydrogen-bond donors (Lipinski definition) is 3. The molecule has 1 amide bonds. The number of unbranched alkanes of at least 4 members (excludes halogenated alkanes) is 14. The number of aromatic nitrogens is 4. The molecular formula is C38H66N6O7. The Morgan fingerprint density at radius 1 is 0.902 bits per heavy atom. The number of nitrogen functional groups attached to an aromatic ring is 1. The van der Waals surface area contributed by atoms with Crippen LogP contribution in [0.5, 0.6) is 0 Å². The zero-order valence-corrected chi connectivity index (χ0v) is 32.2. The molecule has 2 atom stereocenters. The number of aromatic amines is 1. The molecule has 51 heavy (non-hydrogen) atoms. The van der Waals surface area contributed by atoms with Gasteiger partial charge < -0.3 is 29.8 Å². The molecule has 0 aliphatic rings. The summed E-state index contributed by atoms with van der Waals surface area (Å²) in [6.07, 6.45) is 20.3. The predicted molar refractivity (Wildman–Crippen MR) is 200 cm³/mol. The molecule has 0 bridgehead atoms. The molecule has 4 N–H and O–H groups in total. The Hall–Kier alpha value is -3.64. The molecule has 290 valence electrons. The number of carbonyl (C=O) groups is 3. The molecule has 0 saturated carbocycles. The molecule has 2 heterocycles. The van der Waals surface area contributed by atoms with Gasteiger partial charge in [-0.05, 0) is 39.5 Å². The summed E-state index contributed by atoms with van der Waals surface area (Å²) >= 11 is 0. The van der Waals surface area contributed by atoms with Gasteiger partial charge in [0.05, 0.1) is 19.5 Å². The Bertz CT molecular complexity index is 1370. The number of rotatable bonds is 26. The predicted octanol–water partition coefficient (Wildman–Crippen LogP) is 7.61. The number of alkyl carbamates (subject to hydrolysis) is 1. The summed E-state index contributed by atoms with van der Waals surface area (Å²) in [6, 6.07) is -0.900. The minimum absolute atomic E-state index is 0.0160. The van der Waals surface area contributed by atoms with Crippen LogP contribution in [-0.4, -0.2) is 62.4 Å². The van der Waals surface area contributed by atoms with Crippen LogP contribution in [0.4, 0.5) is 10.7 Å². The maximum absolute atomic E-state index is 13.0. The van der Waals surface area contributed by atoms with Crippen molar-refractivity contribution >= 4 is 35.1 Å². The van der Waals surface area contributed by atoms with E-state index in [9.17, 15) is 19.2 Å². The molecule has 2 aromatic heterocycles. The molecule has 2 rings (SSSR count).